The van der Waals surface area contributed by atoms with Crippen LogP contribution in [-0.4, -0.2) is 25.7 Å². The Labute approximate surface area is 105 Å². The van der Waals surface area contributed by atoms with Gasteiger partial charge in [-0.2, -0.15) is 18.3 Å². The summed E-state index contributed by atoms with van der Waals surface area (Å²) in [7, 11) is 0. The number of rotatable bonds is 3. The van der Waals surface area contributed by atoms with E-state index >= 15 is 0 Å². The van der Waals surface area contributed by atoms with Crippen molar-refractivity contribution in [3.63, 3.8) is 0 Å². The van der Waals surface area contributed by atoms with Gasteiger partial charge in [-0.15, -0.1) is 0 Å². The number of halogens is 3. The number of alkyl halides is 3. The first kappa shape index (κ1) is 13.3. The number of nitrogens with zero attached hydrogens (tertiary/aromatic N) is 3. The summed E-state index contributed by atoms with van der Waals surface area (Å²) in [6, 6.07) is 0.811. The Morgan fingerprint density at radius 3 is 2.74 bits per heavy atom. The van der Waals surface area contributed by atoms with Crippen molar-refractivity contribution in [1.82, 2.24) is 14.6 Å². The Kier molecular flexibility index (Phi) is 3.17. The molecule has 0 spiro atoms. The Hall–Kier alpha value is -2.12. The highest BCUT2D eigenvalue weighted by atomic mass is 19.4. The summed E-state index contributed by atoms with van der Waals surface area (Å²) < 4.78 is 38.4. The lowest BCUT2D eigenvalue weighted by Crippen LogP contribution is -2.12. The average molecular weight is 273 g/mol. The quantitative estimate of drug-likeness (QED) is 0.931. The number of carboxylic acids is 1. The molecule has 1 N–H and O–H groups in total. The van der Waals surface area contributed by atoms with Crippen LogP contribution in [0.5, 0.6) is 0 Å². The number of aromatic nitrogens is 3. The summed E-state index contributed by atoms with van der Waals surface area (Å²) in [6.45, 7) is 1.67. The lowest BCUT2D eigenvalue weighted by molar-refractivity contribution is -0.141. The van der Waals surface area contributed by atoms with E-state index in [4.69, 9.17) is 5.11 Å². The van der Waals surface area contributed by atoms with E-state index in [0.717, 1.165) is 10.6 Å². The third kappa shape index (κ3) is 2.51. The van der Waals surface area contributed by atoms with Gasteiger partial charge in [0, 0.05) is 24.0 Å². The minimum atomic E-state index is -4.55. The molecule has 0 radical (unpaired) electrons. The Morgan fingerprint density at radius 2 is 2.21 bits per heavy atom. The highest BCUT2D eigenvalue weighted by molar-refractivity contribution is 5.75. The number of carboxylic acid groups (broad SMARTS) is 1. The van der Waals surface area contributed by atoms with Crippen LogP contribution in [0.25, 0.3) is 5.65 Å². The smallest absolute Gasteiger partial charge is 0.435 e. The van der Waals surface area contributed by atoms with Crippen LogP contribution in [0, 0.1) is 0 Å². The maximum absolute atomic E-state index is 12.5. The third-order valence-electron chi connectivity index (χ3n) is 2.73. The first-order valence-corrected chi connectivity index (χ1v) is 5.48. The minimum Gasteiger partial charge on any atom is -0.481 e. The fourth-order valence-electron chi connectivity index (χ4n) is 1.76. The summed E-state index contributed by atoms with van der Waals surface area (Å²) in [5, 5.41) is 12.4. The van der Waals surface area contributed by atoms with Crippen LogP contribution in [0.1, 0.15) is 30.5 Å². The van der Waals surface area contributed by atoms with Crippen molar-refractivity contribution in [3.05, 3.63) is 29.7 Å². The van der Waals surface area contributed by atoms with Crippen LogP contribution < -0.4 is 0 Å². The van der Waals surface area contributed by atoms with Crippen molar-refractivity contribution in [2.45, 2.75) is 25.4 Å². The van der Waals surface area contributed by atoms with Crippen molar-refractivity contribution in [1.29, 1.82) is 0 Å². The molecule has 1 unspecified atom stereocenters. The van der Waals surface area contributed by atoms with Crippen LogP contribution in [0.2, 0.25) is 0 Å². The summed E-state index contributed by atoms with van der Waals surface area (Å²) in [6.07, 6.45) is -1.71. The second-order valence-corrected chi connectivity index (χ2v) is 4.02. The standard InChI is InChI=1S/C11H10F3N3O2/c1-2-7(10(18)19)6-4-15-9-3-8(11(12,13)14)16-17(9)5-6/h3-5,7H,2H2,1H3,(H,18,19). The van der Waals surface area contributed by atoms with Gasteiger partial charge in [-0.1, -0.05) is 6.92 Å². The monoisotopic (exact) mass is 273 g/mol. The summed E-state index contributed by atoms with van der Waals surface area (Å²) in [5.74, 6) is -1.86. The lowest BCUT2D eigenvalue weighted by atomic mass is 10.00. The van der Waals surface area contributed by atoms with Crippen LogP contribution in [0.4, 0.5) is 13.2 Å². The van der Waals surface area contributed by atoms with Gasteiger partial charge in [-0.3, -0.25) is 4.79 Å². The Bertz CT molecular complexity index is 621. The number of fused-ring (bicyclic) bond motifs is 1. The topological polar surface area (TPSA) is 67.5 Å². The molecule has 0 saturated carbocycles. The van der Waals surface area contributed by atoms with Gasteiger partial charge in [0.2, 0.25) is 0 Å². The van der Waals surface area contributed by atoms with Gasteiger partial charge in [0.05, 0.1) is 5.92 Å². The molecule has 19 heavy (non-hydrogen) atoms. The first-order chi connectivity index (χ1) is 8.82. The van der Waals surface area contributed by atoms with Gasteiger partial charge >= 0.3 is 12.1 Å². The van der Waals surface area contributed by atoms with Gasteiger partial charge in [-0.05, 0) is 6.42 Å². The van der Waals surface area contributed by atoms with Gasteiger partial charge < -0.3 is 5.11 Å². The average Bonchev–Trinajstić information content (AvgIpc) is 2.72. The number of carbonyl (C=O) groups is 1. The fourth-order valence-corrected chi connectivity index (χ4v) is 1.76. The SMILES string of the molecule is CCC(C(=O)O)c1cnc2cc(C(F)(F)F)nn2c1. The molecule has 2 aromatic rings. The zero-order valence-corrected chi connectivity index (χ0v) is 9.85. The molecule has 2 heterocycles. The molecule has 0 bridgehead atoms. The second kappa shape index (κ2) is 4.52. The van der Waals surface area contributed by atoms with Crippen molar-refractivity contribution < 1.29 is 23.1 Å². The highest BCUT2D eigenvalue weighted by Crippen LogP contribution is 2.28. The number of hydrogen-bond donors (Lipinski definition) is 1. The van der Waals surface area contributed by atoms with Gasteiger partial charge in [0.1, 0.15) is 0 Å². The molecule has 0 aliphatic rings. The maximum atomic E-state index is 12.5. The van der Waals surface area contributed by atoms with Crippen molar-refractivity contribution in [2.75, 3.05) is 0 Å². The van der Waals surface area contributed by atoms with E-state index in [1.165, 1.54) is 12.4 Å². The molecule has 8 heteroatoms. The molecule has 0 saturated heterocycles. The van der Waals surface area contributed by atoms with Crippen LogP contribution in [0.15, 0.2) is 18.5 Å². The Balaban J connectivity index is 2.49. The van der Waals surface area contributed by atoms with Gasteiger partial charge in [0.25, 0.3) is 0 Å². The molecule has 0 aromatic carbocycles. The Morgan fingerprint density at radius 1 is 1.53 bits per heavy atom. The molecule has 5 nitrogen and oxygen atoms in total. The molecular formula is C11H10F3N3O2. The van der Waals surface area contributed by atoms with Crippen molar-refractivity contribution in [3.8, 4) is 0 Å². The normalized spacial score (nSPS) is 13.7. The van der Waals surface area contributed by atoms with E-state index in [2.05, 4.69) is 10.1 Å². The van der Waals surface area contributed by atoms with E-state index in [1.807, 2.05) is 0 Å². The number of aliphatic carboxylic acids is 1. The third-order valence-corrected chi connectivity index (χ3v) is 2.73. The first-order valence-electron chi connectivity index (χ1n) is 5.48. The summed E-state index contributed by atoms with van der Waals surface area (Å²) in [4.78, 5) is 14.8. The zero-order valence-electron chi connectivity index (χ0n) is 9.85. The molecule has 1 atom stereocenters. The minimum absolute atomic E-state index is 0.0244. The predicted molar refractivity (Wildman–Crippen MR) is 58.7 cm³/mol. The molecule has 2 rings (SSSR count). The van der Waals surface area contributed by atoms with E-state index in [0.29, 0.717) is 12.0 Å². The molecular weight excluding hydrogens is 263 g/mol. The van der Waals surface area contributed by atoms with E-state index in [9.17, 15) is 18.0 Å². The van der Waals surface area contributed by atoms with E-state index in [1.54, 1.807) is 6.92 Å². The largest absolute Gasteiger partial charge is 0.481 e. The van der Waals surface area contributed by atoms with E-state index in [-0.39, 0.29) is 5.65 Å². The summed E-state index contributed by atoms with van der Waals surface area (Å²) >= 11 is 0. The molecule has 0 aliphatic carbocycles. The molecule has 2 aromatic heterocycles. The van der Waals surface area contributed by atoms with Crippen LogP contribution in [-0.2, 0) is 11.0 Å². The number of hydrogen-bond acceptors (Lipinski definition) is 3. The van der Waals surface area contributed by atoms with Crippen LogP contribution >= 0.6 is 0 Å². The fraction of sp³-hybridized carbons (Fsp3) is 0.364. The molecule has 0 aliphatic heterocycles. The van der Waals surface area contributed by atoms with Gasteiger partial charge in [0.15, 0.2) is 11.3 Å². The van der Waals surface area contributed by atoms with Crippen molar-refractivity contribution in [2.24, 2.45) is 0 Å². The van der Waals surface area contributed by atoms with Crippen LogP contribution in [0.3, 0.4) is 0 Å². The maximum Gasteiger partial charge on any atom is 0.435 e. The molecule has 0 fully saturated rings. The van der Waals surface area contributed by atoms with Gasteiger partial charge in [-0.25, -0.2) is 9.50 Å². The predicted octanol–water partition coefficient (Wildman–Crippen LogP) is 2.33. The highest BCUT2D eigenvalue weighted by Gasteiger charge is 2.34. The second-order valence-electron chi connectivity index (χ2n) is 4.02. The molecule has 0 amide bonds. The van der Waals surface area contributed by atoms with E-state index < -0.39 is 23.8 Å². The van der Waals surface area contributed by atoms with Crippen molar-refractivity contribution >= 4 is 11.6 Å². The zero-order chi connectivity index (χ0) is 14.2. The lowest BCUT2D eigenvalue weighted by Gasteiger charge is -2.09. The summed E-state index contributed by atoms with van der Waals surface area (Å²) in [5.41, 5.74) is -0.712. The molecule has 102 valence electrons.